The van der Waals surface area contributed by atoms with Gasteiger partial charge in [0.2, 0.25) is 0 Å². The van der Waals surface area contributed by atoms with E-state index in [2.05, 4.69) is 27.0 Å². The maximum absolute atomic E-state index is 9.35. The molecular formula is C16H10BrN3S. The smallest absolute Gasteiger partial charge is 0.142 e. The molecule has 0 saturated heterocycles. The van der Waals surface area contributed by atoms with Gasteiger partial charge in [-0.2, -0.15) is 5.26 Å². The highest BCUT2D eigenvalue weighted by Gasteiger charge is 2.14. The van der Waals surface area contributed by atoms with Crippen LogP contribution in [0.5, 0.6) is 0 Å². The number of hydrogen-bond acceptors (Lipinski definition) is 4. The summed E-state index contributed by atoms with van der Waals surface area (Å²) >= 11 is 5.01. The summed E-state index contributed by atoms with van der Waals surface area (Å²) in [7, 11) is 0. The van der Waals surface area contributed by atoms with Gasteiger partial charge >= 0.3 is 0 Å². The summed E-state index contributed by atoms with van der Waals surface area (Å²) in [6, 6.07) is 17.8. The van der Waals surface area contributed by atoms with Gasteiger partial charge in [-0.3, -0.25) is 0 Å². The predicted molar refractivity (Wildman–Crippen MR) is 89.8 cm³/mol. The number of hydrogen-bond donors (Lipinski definition) is 1. The van der Waals surface area contributed by atoms with Crippen LogP contribution in [0.3, 0.4) is 0 Å². The molecule has 0 amide bonds. The van der Waals surface area contributed by atoms with Crippen molar-refractivity contribution in [1.82, 2.24) is 4.98 Å². The molecule has 102 valence electrons. The predicted octanol–water partition coefficient (Wildman–Crippen LogP) is 4.69. The van der Waals surface area contributed by atoms with Crippen molar-refractivity contribution in [3.8, 4) is 27.8 Å². The van der Waals surface area contributed by atoms with Gasteiger partial charge in [0.15, 0.2) is 0 Å². The zero-order chi connectivity index (χ0) is 14.8. The number of nitriles is 1. The van der Waals surface area contributed by atoms with Gasteiger partial charge in [0.05, 0.1) is 9.48 Å². The Bertz CT molecular complexity index is 834. The fourth-order valence-electron chi connectivity index (χ4n) is 2.09. The lowest BCUT2D eigenvalue weighted by molar-refractivity contribution is 1.31. The molecule has 2 heterocycles. The van der Waals surface area contributed by atoms with Crippen LogP contribution in [-0.2, 0) is 0 Å². The normalized spacial score (nSPS) is 10.3. The van der Waals surface area contributed by atoms with Crippen LogP contribution in [0.2, 0.25) is 0 Å². The summed E-state index contributed by atoms with van der Waals surface area (Å²) in [5, 5.41) is 9.35. The van der Waals surface area contributed by atoms with Gasteiger partial charge in [-0.05, 0) is 34.1 Å². The number of pyridine rings is 1. The van der Waals surface area contributed by atoms with Crippen LogP contribution in [0.25, 0.3) is 21.7 Å². The Labute approximate surface area is 134 Å². The van der Waals surface area contributed by atoms with E-state index in [1.165, 1.54) is 0 Å². The molecule has 2 N–H and O–H groups in total. The highest BCUT2D eigenvalue weighted by Crippen LogP contribution is 2.36. The van der Waals surface area contributed by atoms with E-state index in [0.29, 0.717) is 5.56 Å². The molecule has 0 radical (unpaired) electrons. The van der Waals surface area contributed by atoms with Gasteiger partial charge in [-0.15, -0.1) is 11.3 Å². The van der Waals surface area contributed by atoms with E-state index >= 15 is 0 Å². The Hall–Kier alpha value is -2.16. The number of nitrogen functional groups attached to an aromatic ring is 1. The molecule has 0 aliphatic rings. The first kappa shape index (κ1) is 13.8. The number of aromatic nitrogens is 1. The quantitative estimate of drug-likeness (QED) is 0.724. The molecule has 1 aromatic carbocycles. The lowest BCUT2D eigenvalue weighted by Gasteiger charge is -2.08. The standard InChI is InChI=1S/C16H10BrN3S/c17-15-7-6-14(21-15)11-8-13(10-4-2-1-3-5-10)20-16(19)12(11)9-18/h1-8H,(H2,19,20). The van der Waals surface area contributed by atoms with E-state index in [9.17, 15) is 5.26 Å². The number of anilines is 1. The molecule has 21 heavy (non-hydrogen) atoms. The van der Waals surface area contributed by atoms with Gasteiger partial charge in [0, 0.05) is 16.0 Å². The van der Waals surface area contributed by atoms with Crippen LogP contribution in [0.4, 0.5) is 5.82 Å². The van der Waals surface area contributed by atoms with E-state index in [0.717, 1.165) is 25.5 Å². The minimum Gasteiger partial charge on any atom is -0.383 e. The minimum atomic E-state index is 0.262. The van der Waals surface area contributed by atoms with Crippen molar-refractivity contribution < 1.29 is 0 Å². The first-order valence-corrected chi connectivity index (χ1v) is 7.81. The lowest BCUT2D eigenvalue weighted by Crippen LogP contribution is -1.99. The maximum Gasteiger partial charge on any atom is 0.142 e. The van der Waals surface area contributed by atoms with Crippen molar-refractivity contribution >= 4 is 33.1 Å². The van der Waals surface area contributed by atoms with E-state index in [-0.39, 0.29) is 5.82 Å². The maximum atomic E-state index is 9.35. The molecule has 3 rings (SSSR count). The molecular weight excluding hydrogens is 346 g/mol. The fourth-order valence-corrected chi connectivity index (χ4v) is 3.50. The average Bonchev–Trinajstić information content (AvgIpc) is 2.94. The van der Waals surface area contributed by atoms with Crippen molar-refractivity contribution in [1.29, 1.82) is 5.26 Å². The Morgan fingerprint density at radius 3 is 2.52 bits per heavy atom. The first-order chi connectivity index (χ1) is 10.2. The molecule has 0 atom stereocenters. The lowest BCUT2D eigenvalue weighted by atomic mass is 10.0. The third-order valence-corrected chi connectivity index (χ3v) is 4.72. The van der Waals surface area contributed by atoms with Crippen LogP contribution in [0.15, 0.2) is 52.3 Å². The summed E-state index contributed by atoms with van der Waals surface area (Å²) in [5.74, 6) is 0.262. The van der Waals surface area contributed by atoms with Gasteiger partial charge in [-0.1, -0.05) is 30.3 Å². The topological polar surface area (TPSA) is 62.7 Å². The fraction of sp³-hybridized carbons (Fsp3) is 0. The molecule has 0 fully saturated rings. The second-order valence-electron chi connectivity index (χ2n) is 4.40. The van der Waals surface area contributed by atoms with Crippen molar-refractivity contribution in [3.05, 3.63) is 57.9 Å². The number of halogens is 1. The van der Waals surface area contributed by atoms with Crippen molar-refractivity contribution in [2.24, 2.45) is 0 Å². The van der Waals surface area contributed by atoms with E-state index in [4.69, 9.17) is 5.73 Å². The zero-order valence-corrected chi connectivity index (χ0v) is 13.3. The summed E-state index contributed by atoms with van der Waals surface area (Å²) in [4.78, 5) is 5.35. The highest BCUT2D eigenvalue weighted by atomic mass is 79.9. The third-order valence-electron chi connectivity index (χ3n) is 3.07. The Morgan fingerprint density at radius 2 is 1.90 bits per heavy atom. The first-order valence-electron chi connectivity index (χ1n) is 6.21. The summed E-state index contributed by atoms with van der Waals surface area (Å²) in [6.07, 6.45) is 0. The van der Waals surface area contributed by atoms with E-state index in [1.807, 2.05) is 48.5 Å². The molecule has 0 saturated carbocycles. The van der Waals surface area contributed by atoms with Crippen molar-refractivity contribution in [2.45, 2.75) is 0 Å². The van der Waals surface area contributed by atoms with E-state index in [1.54, 1.807) is 11.3 Å². The number of rotatable bonds is 2. The van der Waals surface area contributed by atoms with Gasteiger partial charge in [0.25, 0.3) is 0 Å². The third kappa shape index (κ3) is 2.68. The Kier molecular flexibility index (Phi) is 3.74. The number of nitrogens with two attached hydrogens (primary N) is 1. The number of benzene rings is 1. The van der Waals surface area contributed by atoms with E-state index < -0.39 is 0 Å². The molecule has 3 nitrogen and oxygen atoms in total. The zero-order valence-electron chi connectivity index (χ0n) is 10.9. The van der Waals surface area contributed by atoms with Crippen LogP contribution in [-0.4, -0.2) is 4.98 Å². The largest absolute Gasteiger partial charge is 0.383 e. The van der Waals surface area contributed by atoms with Crippen LogP contribution >= 0.6 is 27.3 Å². The van der Waals surface area contributed by atoms with Crippen LogP contribution < -0.4 is 5.73 Å². The van der Waals surface area contributed by atoms with Crippen molar-refractivity contribution in [3.63, 3.8) is 0 Å². The van der Waals surface area contributed by atoms with Crippen LogP contribution in [0.1, 0.15) is 5.56 Å². The molecule has 3 aromatic rings. The van der Waals surface area contributed by atoms with Gasteiger partial charge in [-0.25, -0.2) is 4.98 Å². The second kappa shape index (κ2) is 5.68. The Morgan fingerprint density at radius 1 is 1.14 bits per heavy atom. The molecule has 0 bridgehead atoms. The van der Waals surface area contributed by atoms with Gasteiger partial charge in [0.1, 0.15) is 17.5 Å². The molecule has 0 aliphatic heterocycles. The summed E-state index contributed by atoms with van der Waals surface area (Å²) < 4.78 is 1.01. The monoisotopic (exact) mass is 355 g/mol. The molecule has 0 unspecified atom stereocenters. The Balaban J connectivity index is 2.23. The molecule has 0 spiro atoms. The molecule has 0 aliphatic carbocycles. The highest BCUT2D eigenvalue weighted by molar-refractivity contribution is 9.11. The van der Waals surface area contributed by atoms with Crippen LogP contribution in [0, 0.1) is 11.3 Å². The SMILES string of the molecule is N#Cc1c(-c2ccc(Br)s2)cc(-c2ccccc2)nc1N. The van der Waals surface area contributed by atoms with Crippen molar-refractivity contribution in [2.75, 3.05) is 5.73 Å². The van der Waals surface area contributed by atoms with Gasteiger partial charge < -0.3 is 5.73 Å². The number of nitrogens with zero attached hydrogens (tertiary/aromatic N) is 2. The second-order valence-corrected chi connectivity index (χ2v) is 6.86. The number of thiophene rings is 1. The summed E-state index contributed by atoms with van der Waals surface area (Å²) in [6.45, 7) is 0. The molecule has 5 heteroatoms. The minimum absolute atomic E-state index is 0.262. The summed E-state index contributed by atoms with van der Waals surface area (Å²) in [5.41, 5.74) is 8.96. The average molecular weight is 356 g/mol. The molecule has 2 aromatic heterocycles.